The van der Waals surface area contributed by atoms with E-state index in [1.54, 1.807) is 30.3 Å². The number of nitrogens with zero attached hydrogens (tertiary/aromatic N) is 2. The summed E-state index contributed by atoms with van der Waals surface area (Å²) in [7, 11) is -3.38. The van der Waals surface area contributed by atoms with Crippen molar-refractivity contribution in [3.63, 3.8) is 0 Å². The largest absolute Gasteiger partial charge is 0.357 e. The second-order valence-electron chi connectivity index (χ2n) is 6.89. The second kappa shape index (κ2) is 7.53. The minimum Gasteiger partial charge on any atom is -0.357 e. The number of aldehydes is 1. The number of halogens is 1. The average molecular weight is 415 g/mol. The number of carbonyl (C=O) groups is 1. The molecule has 2 aromatic carbocycles. The smallest absolute Gasteiger partial charge is 0.181 e. The van der Waals surface area contributed by atoms with Gasteiger partial charge in [0, 0.05) is 29.1 Å². The van der Waals surface area contributed by atoms with Crippen LogP contribution in [0.2, 0.25) is 5.02 Å². The van der Waals surface area contributed by atoms with E-state index in [0.29, 0.717) is 46.9 Å². The molecule has 0 spiro atoms. The van der Waals surface area contributed by atoms with Crippen LogP contribution in [0.25, 0.3) is 10.9 Å². The Balaban J connectivity index is 1.53. The lowest BCUT2D eigenvalue weighted by Crippen LogP contribution is -2.39. The maximum absolute atomic E-state index is 12.9. The molecule has 0 saturated carbocycles. The Bertz CT molecular complexity index is 1120. The third-order valence-corrected chi connectivity index (χ3v) is 7.74. The van der Waals surface area contributed by atoms with Gasteiger partial charge in [-0.1, -0.05) is 23.7 Å². The van der Waals surface area contributed by atoms with Crippen LogP contribution in [0, 0.1) is 0 Å². The van der Waals surface area contributed by atoms with Gasteiger partial charge >= 0.3 is 0 Å². The molecule has 0 atom stereocenters. The van der Waals surface area contributed by atoms with Crippen molar-refractivity contribution in [2.75, 3.05) is 18.0 Å². The van der Waals surface area contributed by atoms with E-state index in [1.807, 2.05) is 24.3 Å². The van der Waals surface area contributed by atoms with Crippen LogP contribution >= 0.6 is 11.6 Å². The molecule has 1 fully saturated rings. The Morgan fingerprint density at radius 1 is 1.00 bits per heavy atom. The molecule has 2 heterocycles. The van der Waals surface area contributed by atoms with E-state index in [0.717, 1.165) is 17.5 Å². The average Bonchev–Trinajstić information content (AvgIpc) is 2.73. The van der Waals surface area contributed by atoms with Crippen LogP contribution in [0.5, 0.6) is 0 Å². The highest BCUT2D eigenvalue weighted by Crippen LogP contribution is 2.28. The zero-order valence-electron chi connectivity index (χ0n) is 15.1. The van der Waals surface area contributed by atoms with E-state index in [9.17, 15) is 13.2 Å². The van der Waals surface area contributed by atoms with Crippen LogP contribution in [-0.4, -0.2) is 38.0 Å². The van der Waals surface area contributed by atoms with Crippen LogP contribution in [0.1, 0.15) is 23.2 Å². The van der Waals surface area contributed by atoms with Crippen molar-refractivity contribution in [1.29, 1.82) is 0 Å². The lowest BCUT2D eigenvalue weighted by atomic mass is 10.1. The number of rotatable bonds is 4. The summed E-state index contributed by atoms with van der Waals surface area (Å²) in [5, 5.41) is 1.01. The monoisotopic (exact) mass is 414 g/mol. The molecular weight excluding hydrogens is 396 g/mol. The first-order valence-corrected chi connectivity index (χ1v) is 11.0. The number of pyridine rings is 1. The van der Waals surface area contributed by atoms with Crippen LogP contribution in [0.15, 0.2) is 59.5 Å². The molecule has 1 aromatic heterocycles. The predicted octanol–water partition coefficient (Wildman–Crippen LogP) is 4.14. The molecule has 0 N–H and O–H groups in total. The minimum atomic E-state index is -3.38. The highest BCUT2D eigenvalue weighted by atomic mass is 35.5. The predicted molar refractivity (Wildman–Crippen MR) is 111 cm³/mol. The number of fused-ring (bicyclic) bond motifs is 1. The summed E-state index contributed by atoms with van der Waals surface area (Å²) in [4.78, 5) is 18.3. The number of sulfone groups is 1. The van der Waals surface area contributed by atoms with E-state index in [1.165, 1.54) is 0 Å². The van der Waals surface area contributed by atoms with Gasteiger partial charge in [0.15, 0.2) is 16.1 Å². The van der Waals surface area contributed by atoms with Gasteiger partial charge in [0.05, 0.1) is 15.7 Å². The molecule has 3 aromatic rings. The standard InChI is InChI=1S/C21H19ClN2O3S/c22-17-5-7-18(8-6-17)28(26,27)19-10-12-24(13-11-19)20-9-4-15-2-1-3-16(14-25)21(15)23-20/h1-9,14,19H,10-13H2. The van der Waals surface area contributed by atoms with Gasteiger partial charge in [0.1, 0.15) is 5.82 Å². The molecule has 0 aliphatic carbocycles. The molecule has 7 heteroatoms. The summed E-state index contributed by atoms with van der Waals surface area (Å²) in [6.45, 7) is 1.19. The third-order valence-electron chi connectivity index (χ3n) is 5.21. The number of hydrogen-bond donors (Lipinski definition) is 0. The van der Waals surface area contributed by atoms with Crippen LogP contribution < -0.4 is 4.90 Å². The Kier molecular flexibility index (Phi) is 5.08. The molecule has 1 saturated heterocycles. The van der Waals surface area contributed by atoms with Crippen molar-refractivity contribution in [3.8, 4) is 0 Å². The lowest BCUT2D eigenvalue weighted by Gasteiger charge is -2.32. The highest BCUT2D eigenvalue weighted by molar-refractivity contribution is 7.92. The molecule has 0 radical (unpaired) electrons. The number of hydrogen-bond acceptors (Lipinski definition) is 5. The van der Waals surface area contributed by atoms with Gasteiger partial charge in [0.2, 0.25) is 0 Å². The maximum atomic E-state index is 12.9. The van der Waals surface area contributed by atoms with Gasteiger partial charge in [0.25, 0.3) is 0 Å². The third kappa shape index (κ3) is 3.50. The first kappa shape index (κ1) is 18.9. The molecule has 28 heavy (non-hydrogen) atoms. The van der Waals surface area contributed by atoms with Crippen molar-refractivity contribution in [1.82, 2.24) is 4.98 Å². The van der Waals surface area contributed by atoms with Crippen LogP contribution in [-0.2, 0) is 9.84 Å². The number of aromatic nitrogens is 1. The number of para-hydroxylation sites is 1. The van der Waals surface area contributed by atoms with Crippen molar-refractivity contribution >= 4 is 44.4 Å². The maximum Gasteiger partial charge on any atom is 0.181 e. The highest BCUT2D eigenvalue weighted by Gasteiger charge is 2.31. The summed E-state index contributed by atoms with van der Waals surface area (Å²) < 4.78 is 25.8. The SMILES string of the molecule is O=Cc1cccc2ccc(N3CCC(S(=O)(=O)c4ccc(Cl)cc4)CC3)nc12. The lowest BCUT2D eigenvalue weighted by molar-refractivity contribution is 0.112. The molecule has 0 amide bonds. The Morgan fingerprint density at radius 2 is 1.71 bits per heavy atom. The first-order valence-electron chi connectivity index (χ1n) is 9.08. The quantitative estimate of drug-likeness (QED) is 0.600. The van der Waals surface area contributed by atoms with Crippen LogP contribution in [0.3, 0.4) is 0 Å². The second-order valence-corrected chi connectivity index (χ2v) is 9.56. The fourth-order valence-electron chi connectivity index (χ4n) is 3.64. The van der Waals surface area contributed by atoms with E-state index >= 15 is 0 Å². The Labute approximate surface area is 168 Å². The summed E-state index contributed by atoms with van der Waals surface area (Å²) >= 11 is 5.87. The van der Waals surface area contributed by atoms with E-state index < -0.39 is 15.1 Å². The zero-order valence-corrected chi connectivity index (χ0v) is 16.7. The van der Waals surface area contributed by atoms with Gasteiger partial charge in [-0.3, -0.25) is 4.79 Å². The molecule has 0 unspecified atom stereocenters. The Hall–Kier alpha value is -2.44. The molecule has 1 aliphatic heterocycles. The normalized spacial score (nSPS) is 15.7. The summed E-state index contributed by atoms with van der Waals surface area (Å²) in [6, 6.07) is 15.7. The summed E-state index contributed by atoms with van der Waals surface area (Å²) in [5.74, 6) is 0.768. The molecule has 5 nitrogen and oxygen atoms in total. The van der Waals surface area contributed by atoms with Crippen molar-refractivity contribution < 1.29 is 13.2 Å². The zero-order chi connectivity index (χ0) is 19.7. The number of piperidine rings is 1. The fourth-order valence-corrected chi connectivity index (χ4v) is 5.50. The first-order chi connectivity index (χ1) is 13.5. The Morgan fingerprint density at radius 3 is 2.39 bits per heavy atom. The van der Waals surface area contributed by atoms with E-state index in [-0.39, 0.29) is 0 Å². The minimum absolute atomic E-state index is 0.315. The molecule has 144 valence electrons. The van der Waals surface area contributed by atoms with Gasteiger partial charge in [-0.15, -0.1) is 0 Å². The molecule has 0 bridgehead atoms. The summed E-state index contributed by atoms with van der Waals surface area (Å²) in [5.41, 5.74) is 1.23. The van der Waals surface area contributed by atoms with Crippen molar-refractivity contribution in [2.24, 2.45) is 0 Å². The molecule has 1 aliphatic rings. The van der Waals surface area contributed by atoms with Crippen LogP contribution in [0.4, 0.5) is 5.82 Å². The number of benzene rings is 2. The van der Waals surface area contributed by atoms with Gasteiger partial charge in [-0.2, -0.15) is 0 Å². The van der Waals surface area contributed by atoms with E-state index in [2.05, 4.69) is 9.88 Å². The van der Waals surface area contributed by atoms with E-state index in [4.69, 9.17) is 11.6 Å². The number of carbonyl (C=O) groups excluding carboxylic acids is 1. The molecule has 4 rings (SSSR count). The van der Waals surface area contributed by atoms with Gasteiger partial charge in [-0.05, 0) is 55.3 Å². The number of anilines is 1. The van der Waals surface area contributed by atoms with Gasteiger partial charge < -0.3 is 4.90 Å². The topological polar surface area (TPSA) is 67.3 Å². The van der Waals surface area contributed by atoms with Crippen molar-refractivity contribution in [2.45, 2.75) is 23.0 Å². The van der Waals surface area contributed by atoms with Crippen molar-refractivity contribution in [3.05, 3.63) is 65.2 Å². The fraction of sp³-hybridized carbons (Fsp3) is 0.238. The molecular formula is C21H19ClN2O3S. The van der Waals surface area contributed by atoms with Gasteiger partial charge in [-0.25, -0.2) is 13.4 Å². The summed E-state index contributed by atoms with van der Waals surface area (Å²) in [6.07, 6.45) is 1.87.